The number of benzene rings is 2. The van der Waals surface area contributed by atoms with Gasteiger partial charge in [-0.1, -0.05) is 42.5 Å². The molecule has 1 heterocycles. The van der Waals surface area contributed by atoms with Crippen molar-refractivity contribution < 1.29 is 23.8 Å². The number of carbonyl (C=O) groups is 2. The molecule has 0 aromatic heterocycles. The summed E-state index contributed by atoms with van der Waals surface area (Å²) < 4.78 is 16.4. The van der Waals surface area contributed by atoms with Crippen molar-refractivity contribution in [2.45, 2.75) is 25.5 Å². The number of fused-ring (bicyclic) bond motifs is 1. The highest BCUT2D eigenvalue weighted by Crippen LogP contribution is 2.44. The lowest BCUT2D eigenvalue weighted by atomic mass is 9.86. The molecular weight excluding hydrogens is 334 g/mol. The van der Waals surface area contributed by atoms with Crippen molar-refractivity contribution in [1.29, 1.82) is 0 Å². The number of rotatable bonds is 5. The summed E-state index contributed by atoms with van der Waals surface area (Å²) in [7, 11) is 0. The number of ether oxygens (including phenoxy) is 3. The van der Waals surface area contributed by atoms with Gasteiger partial charge in [-0.25, -0.2) is 9.59 Å². The van der Waals surface area contributed by atoms with Crippen LogP contribution < -0.4 is 10.1 Å². The molecule has 2 aromatic rings. The molecule has 6 heteroatoms. The third kappa shape index (κ3) is 2.98. The molecule has 0 radical (unpaired) electrons. The first kappa shape index (κ1) is 17.8. The van der Waals surface area contributed by atoms with E-state index in [0.717, 1.165) is 0 Å². The molecule has 136 valence electrons. The molecule has 1 aliphatic rings. The zero-order valence-corrected chi connectivity index (χ0v) is 14.7. The molecule has 1 aliphatic heterocycles. The summed E-state index contributed by atoms with van der Waals surface area (Å²) >= 11 is 0. The van der Waals surface area contributed by atoms with E-state index in [4.69, 9.17) is 14.2 Å². The number of esters is 2. The van der Waals surface area contributed by atoms with Gasteiger partial charge in [0.25, 0.3) is 0 Å². The predicted octanol–water partition coefficient (Wildman–Crippen LogP) is 3.10. The number of hydrogen-bond donors (Lipinski definition) is 1. The minimum atomic E-state index is -1.97. The number of carbonyl (C=O) groups excluding carboxylic acids is 2. The average Bonchev–Trinajstić information content (AvgIpc) is 2.67. The van der Waals surface area contributed by atoms with E-state index in [9.17, 15) is 9.59 Å². The van der Waals surface area contributed by atoms with Crippen LogP contribution in [0.2, 0.25) is 0 Å². The lowest BCUT2D eigenvalue weighted by molar-refractivity contribution is -0.182. The Kier molecular flexibility index (Phi) is 5.11. The maximum Gasteiger partial charge on any atom is 0.365 e. The van der Waals surface area contributed by atoms with Gasteiger partial charge in [0, 0.05) is 0 Å². The Morgan fingerprint density at radius 1 is 0.962 bits per heavy atom. The summed E-state index contributed by atoms with van der Waals surface area (Å²) in [6.45, 7) is 3.59. The van der Waals surface area contributed by atoms with Crippen LogP contribution in [0.4, 0.5) is 5.69 Å². The van der Waals surface area contributed by atoms with E-state index in [2.05, 4.69) is 5.32 Å². The molecule has 2 aromatic carbocycles. The van der Waals surface area contributed by atoms with Crippen LogP contribution in [-0.4, -0.2) is 30.8 Å². The van der Waals surface area contributed by atoms with Gasteiger partial charge in [0.2, 0.25) is 0 Å². The largest absolute Gasteiger partial charge is 0.462 e. The maximum atomic E-state index is 12.9. The average molecular weight is 355 g/mol. The third-order valence-electron chi connectivity index (χ3n) is 4.15. The van der Waals surface area contributed by atoms with E-state index in [1.807, 2.05) is 42.5 Å². The van der Waals surface area contributed by atoms with Gasteiger partial charge < -0.3 is 19.5 Å². The third-order valence-corrected chi connectivity index (χ3v) is 4.15. The van der Waals surface area contributed by atoms with Crippen molar-refractivity contribution in [2.75, 3.05) is 18.5 Å². The summed E-state index contributed by atoms with van der Waals surface area (Å²) in [6.07, 6.45) is 0. The SMILES string of the molecule is CCOC(=O)C1(C(=O)OCC)Oc2ccccc2NC1c1ccccc1. The van der Waals surface area contributed by atoms with Crippen molar-refractivity contribution in [3.63, 3.8) is 0 Å². The molecule has 0 aliphatic carbocycles. The zero-order chi connectivity index (χ0) is 18.6. The Hall–Kier alpha value is -3.02. The Balaban J connectivity index is 2.18. The van der Waals surface area contributed by atoms with Crippen LogP contribution in [0.25, 0.3) is 0 Å². The van der Waals surface area contributed by atoms with Gasteiger partial charge in [-0.15, -0.1) is 0 Å². The van der Waals surface area contributed by atoms with E-state index in [1.54, 1.807) is 26.0 Å². The Bertz CT molecular complexity index is 772. The highest BCUT2D eigenvalue weighted by atomic mass is 16.6. The Labute approximate surface area is 152 Å². The van der Waals surface area contributed by atoms with Crippen LogP contribution in [0.15, 0.2) is 54.6 Å². The van der Waals surface area contributed by atoms with Gasteiger partial charge in [0.05, 0.1) is 18.9 Å². The molecule has 1 unspecified atom stereocenters. The van der Waals surface area contributed by atoms with E-state index in [-0.39, 0.29) is 13.2 Å². The lowest BCUT2D eigenvalue weighted by Crippen LogP contribution is -2.61. The number of hydrogen-bond acceptors (Lipinski definition) is 6. The minimum Gasteiger partial charge on any atom is -0.462 e. The fourth-order valence-corrected chi connectivity index (χ4v) is 3.01. The molecule has 0 saturated carbocycles. The molecule has 0 fully saturated rings. The molecule has 0 bridgehead atoms. The summed E-state index contributed by atoms with van der Waals surface area (Å²) in [5, 5.41) is 3.26. The van der Waals surface area contributed by atoms with Crippen molar-refractivity contribution in [3.8, 4) is 5.75 Å². The number of nitrogens with one attached hydrogen (secondary N) is 1. The molecule has 6 nitrogen and oxygen atoms in total. The smallest absolute Gasteiger partial charge is 0.365 e. The first-order chi connectivity index (χ1) is 12.6. The molecule has 1 N–H and O–H groups in total. The second-order valence-corrected chi connectivity index (χ2v) is 5.76. The van der Waals surface area contributed by atoms with E-state index in [1.165, 1.54) is 0 Å². The van der Waals surface area contributed by atoms with Gasteiger partial charge in [-0.05, 0) is 31.5 Å². The first-order valence-electron chi connectivity index (χ1n) is 8.57. The normalized spacial score (nSPS) is 17.2. The maximum absolute atomic E-state index is 12.9. The summed E-state index contributed by atoms with van der Waals surface area (Å²) in [6, 6.07) is 15.5. The minimum absolute atomic E-state index is 0.118. The van der Waals surface area contributed by atoms with Crippen LogP contribution >= 0.6 is 0 Å². The Morgan fingerprint density at radius 3 is 2.15 bits per heavy atom. The van der Waals surface area contributed by atoms with Crippen molar-refractivity contribution in [1.82, 2.24) is 0 Å². The summed E-state index contributed by atoms with van der Waals surface area (Å²) in [4.78, 5) is 25.9. The summed E-state index contributed by atoms with van der Waals surface area (Å²) in [5.74, 6) is -1.18. The quantitative estimate of drug-likeness (QED) is 0.656. The van der Waals surface area contributed by atoms with E-state index < -0.39 is 23.6 Å². The second-order valence-electron chi connectivity index (χ2n) is 5.76. The van der Waals surface area contributed by atoms with Gasteiger partial charge in [0.1, 0.15) is 11.8 Å². The van der Waals surface area contributed by atoms with Gasteiger partial charge in [-0.3, -0.25) is 0 Å². The van der Waals surface area contributed by atoms with Crippen LogP contribution in [0, 0.1) is 0 Å². The van der Waals surface area contributed by atoms with Crippen LogP contribution in [0.5, 0.6) is 5.75 Å². The number of para-hydroxylation sites is 2. The monoisotopic (exact) mass is 355 g/mol. The van der Waals surface area contributed by atoms with E-state index in [0.29, 0.717) is 17.0 Å². The molecule has 0 spiro atoms. The fraction of sp³-hybridized carbons (Fsp3) is 0.300. The van der Waals surface area contributed by atoms with Crippen molar-refractivity contribution >= 4 is 17.6 Å². The van der Waals surface area contributed by atoms with Crippen LogP contribution in [-0.2, 0) is 19.1 Å². The van der Waals surface area contributed by atoms with Crippen LogP contribution in [0.3, 0.4) is 0 Å². The lowest BCUT2D eigenvalue weighted by Gasteiger charge is -2.41. The van der Waals surface area contributed by atoms with Crippen molar-refractivity contribution in [2.24, 2.45) is 0 Å². The number of anilines is 1. The van der Waals surface area contributed by atoms with E-state index >= 15 is 0 Å². The Morgan fingerprint density at radius 2 is 1.54 bits per heavy atom. The van der Waals surface area contributed by atoms with Gasteiger partial charge >= 0.3 is 17.5 Å². The molecule has 0 saturated heterocycles. The highest BCUT2D eigenvalue weighted by molar-refractivity contribution is 6.06. The molecule has 0 amide bonds. The van der Waals surface area contributed by atoms with Crippen LogP contribution in [0.1, 0.15) is 25.5 Å². The predicted molar refractivity (Wildman–Crippen MR) is 95.9 cm³/mol. The standard InChI is InChI=1S/C20H21NO5/c1-3-24-18(22)20(19(23)25-4-2)17(14-10-6-5-7-11-14)21-15-12-8-9-13-16(15)26-20/h5-13,17,21H,3-4H2,1-2H3. The van der Waals surface area contributed by atoms with Gasteiger partial charge in [0.15, 0.2) is 0 Å². The fourth-order valence-electron chi connectivity index (χ4n) is 3.01. The molecule has 3 rings (SSSR count). The molecular formula is C20H21NO5. The summed E-state index contributed by atoms with van der Waals surface area (Å²) in [5.41, 5.74) is -0.574. The van der Waals surface area contributed by atoms with Crippen molar-refractivity contribution in [3.05, 3.63) is 60.2 Å². The molecule has 26 heavy (non-hydrogen) atoms. The zero-order valence-electron chi connectivity index (χ0n) is 14.7. The molecule has 1 atom stereocenters. The first-order valence-corrected chi connectivity index (χ1v) is 8.57. The second kappa shape index (κ2) is 7.47. The highest BCUT2D eigenvalue weighted by Gasteiger charge is 2.61. The topological polar surface area (TPSA) is 73.9 Å². The van der Waals surface area contributed by atoms with Gasteiger partial charge in [-0.2, -0.15) is 0 Å².